The number of para-hydroxylation sites is 2. The van der Waals surface area contributed by atoms with Gasteiger partial charge in [0.15, 0.2) is 24.2 Å². The van der Waals surface area contributed by atoms with Crippen molar-refractivity contribution in [2.75, 3.05) is 13.2 Å². The number of nitrogens with zero attached hydrogens (tertiary/aromatic N) is 2. The lowest BCUT2D eigenvalue weighted by atomic mass is 10.1. The zero-order chi connectivity index (χ0) is 22.0. The Labute approximate surface area is 184 Å². The van der Waals surface area contributed by atoms with E-state index in [1.54, 1.807) is 12.1 Å². The van der Waals surface area contributed by atoms with Gasteiger partial charge in [-0.2, -0.15) is 0 Å². The summed E-state index contributed by atoms with van der Waals surface area (Å²) in [6.07, 6.45) is 1.28. The molecule has 1 unspecified atom stereocenters. The summed E-state index contributed by atoms with van der Waals surface area (Å²) in [4.78, 5) is 28.7. The summed E-state index contributed by atoms with van der Waals surface area (Å²) in [5, 5.41) is 0.0365. The number of benzene rings is 1. The minimum Gasteiger partial charge on any atom is -0.486 e. The summed E-state index contributed by atoms with van der Waals surface area (Å²) in [5.41, 5.74) is 2.31. The average molecular weight is 441 g/mol. The number of aromatic nitrogens is 2. The van der Waals surface area contributed by atoms with Gasteiger partial charge in [-0.1, -0.05) is 23.7 Å². The maximum atomic E-state index is 12.7. The number of hydrogen-bond acceptors (Lipinski definition) is 6. The van der Waals surface area contributed by atoms with Crippen LogP contribution in [0.1, 0.15) is 32.1 Å². The summed E-state index contributed by atoms with van der Waals surface area (Å²) in [6.45, 7) is 4.34. The van der Waals surface area contributed by atoms with E-state index in [9.17, 15) is 9.59 Å². The van der Waals surface area contributed by atoms with Crippen molar-refractivity contribution in [2.24, 2.45) is 0 Å². The minimum absolute atomic E-state index is 0.0365. The van der Waals surface area contributed by atoms with E-state index in [-0.39, 0.29) is 29.2 Å². The molecule has 1 aromatic carbocycles. The number of pyridine rings is 1. The van der Waals surface area contributed by atoms with E-state index in [1.807, 2.05) is 42.7 Å². The van der Waals surface area contributed by atoms with Crippen LogP contribution >= 0.6 is 11.6 Å². The lowest BCUT2D eigenvalue weighted by Gasteiger charge is -2.27. The first-order chi connectivity index (χ1) is 14.9. The molecule has 0 saturated heterocycles. The summed E-state index contributed by atoms with van der Waals surface area (Å²) in [5.74, 6) is 0.454. The molecule has 0 N–H and O–H groups in total. The fourth-order valence-corrected chi connectivity index (χ4v) is 3.74. The molecule has 0 spiro atoms. The Bertz CT molecular complexity index is 1140. The highest BCUT2D eigenvalue weighted by Gasteiger charge is 2.24. The molecule has 3 aromatic rings. The molecule has 3 heterocycles. The lowest BCUT2D eigenvalue weighted by Crippen LogP contribution is -2.33. The summed E-state index contributed by atoms with van der Waals surface area (Å²) < 4.78 is 19.0. The predicted octanol–water partition coefficient (Wildman–Crippen LogP) is 4.03. The van der Waals surface area contributed by atoms with Gasteiger partial charge in [0.25, 0.3) is 0 Å². The van der Waals surface area contributed by atoms with E-state index in [0.717, 1.165) is 17.1 Å². The third kappa shape index (κ3) is 4.41. The van der Waals surface area contributed by atoms with Crippen molar-refractivity contribution in [1.82, 2.24) is 9.55 Å². The van der Waals surface area contributed by atoms with Crippen LogP contribution in [0.3, 0.4) is 0 Å². The highest BCUT2D eigenvalue weighted by Crippen LogP contribution is 2.31. The number of carbonyl (C=O) groups is 2. The van der Waals surface area contributed by atoms with Gasteiger partial charge in [0, 0.05) is 23.1 Å². The molecular weight excluding hydrogens is 420 g/mol. The molecule has 4 rings (SSSR count). The molecule has 0 aliphatic carbocycles. The fraction of sp³-hybridized carbons (Fsp3) is 0.261. The number of Topliss-reactive ketones (excluding diaryl/α,β-unsaturated/α-hetero) is 1. The maximum absolute atomic E-state index is 12.7. The van der Waals surface area contributed by atoms with Gasteiger partial charge in [0.1, 0.15) is 11.8 Å². The summed E-state index contributed by atoms with van der Waals surface area (Å²) in [6, 6.07) is 12.4. The van der Waals surface area contributed by atoms with E-state index in [2.05, 4.69) is 4.98 Å². The molecule has 160 valence electrons. The van der Waals surface area contributed by atoms with Gasteiger partial charge in [-0.15, -0.1) is 0 Å². The number of carbonyl (C=O) groups excluding carboxylic acids is 2. The molecule has 0 radical (unpaired) electrons. The molecule has 0 amide bonds. The highest BCUT2D eigenvalue weighted by molar-refractivity contribution is 6.32. The molecule has 0 bridgehead atoms. The monoisotopic (exact) mass is 440 g/mol. The second-order valence-corrected chi connectivity index (χ2v) is 7.59. The van der Waals surface area contributed by atoms with Crippen LogP contribution in [0.4, 0.5) is 0 Å². The first-order valence-corrected chi connectivity index (χ1v) is 10.2. The predicted molar refractivity (Wildman–Crippen MR) is 114 cm³/mol. The van der Waals surface area contributed by atoms with Crippen molar-refractivity contribution in [3.63, 3.8) is 0 Å². The SMILES string of the molecule is Cc1cc(C(=O)COC(=O)c2cccnc2Cl)c(C)n1CC1COc2ccccc2O1. The molecule has 0 saturated carbocycles. The van der Waals surface area contributed by atoms with Crippen LogP contribution < -0.4 is 9.47 Å². The zero-order valence-electron chi connectivity index (χ0n) is 17.1. The van der Waals surface area contributed by atoms with Gasteiger partial charge >= 0.3 is 5.97 Å². The van der Waals surface area contributed by atoms with Gasteiger partial charge in [-0.25, -0.2) is 9.78 Å². The number of aryl methyl sites for hydroxylation is 1. The Morgan fingerprint density at radius 2 is 1.94 bits per heavy atom. The Morgan fingerprint density at radius 1 is 1.16 bits per heavy atom. The molecule has 8 heteroatoms. The first-order valence-electron chi connectivity index (χ1n) is 9.80. The minimum atomic E-state index is -0.688. The number of ketones is 1. The quantitative estimate of drug-likeness (QED) is 0.327. The van der Waals surface area contributed by atoms with Crippen LogP contribution in [0.25, 0.3) is 0 Å². The van der Waals surface area contributed by atoms with Gasteiger partial charge < -0.3 is 18.8 Å². The molecule has 31 heavy (non-hydrogen) atoms. The van der Waals surface area contributed by atoms with Gasteiger partial charge in [-0.05, 0) is 44.2 Å². The third-order valence-corrected chi connectivity index (χ3v) is 5.44. The Balaban J connectivity index is 1.42. The topological polar surface area (TPSA) is 79.7 Å². The summed E-state index contributed by atoms with van der Waals surface area (Å²) >= 11 is 5.90. The third-order valence-electron chi connectivity index (χ3n) is 5.14. The molecular formula is C23H21ClN2O5. The molecule has 1 aliphatic rings. The molecule has 1 aliphatic heterocycles. The number of hydrogen-bond donors (Lipinski definition) is 0. The van der Waals surface area contributed by atoms with Crippen LogP contribution in [0.2, 0.25) is 5.15 Å². The smallest absolute Gasteiger partial charge is 0.341 e. The van der Waals surface area contributed by atoms with Crippen LogP contribution in [0.5, 0.6) is 11.5 Å². The normalized spacial score (nSPS) is 14.9. The van der Waals surface area contributed by atoms with Gasteiger partial charge in [-0.3, -0.25) is 4.79 Å². The number of esters is 1. The van der Waals surface area contributed by atoms with Crippen LogP contribution in [0, 0.1) is 13.8 Å². The van der Waals surface area contributed by atoms with Crippen LogP contribution in [0.15, 0.2) is 48.7 Å². The van der Waals surface area contributed by atoms with Crippen molar-refractivity contribution < 1.29 is 23.8 Å². The summed E-state index contributed by atoms with van der Waals surface area (Å²) in [7, 11) is 0. The van der Waals surface area contributed by atoms with Gasteiger partial charge in [0.2, 0.25) is 5.78 Å². The van der Waals surface area contributed by atoms with E-state index >= 15 is 0 Å². The first kappa shape index (κ1) is 20.9. The Morgan fingerprint density at radius 3 is 2.71 bits per heavy atom. The standard InChI is InChI=1S/C23H21ClN2O5/c1-14-10-18(19(27)13-30-23(28)17-6-5-9-25-22(17)24)15(2)26(14)11-16-12-29-20-7-3-4-8-21(20)31-16/h3-10,16H,11-13H2,1-2H3. The number of halogens is 1. The largest absolute Gasteiger partial charge is 0.486 e. The van der Waals surface area contributed by atoms with Crippen molar-refractivity contribution in [1.29, 1.82) is 0 Å². The van der Waals surface area contributed by atoms with Crippen LogP contribution in [-0.4, -0.2) is 40.6 Å². The number of fused-ring (bicyclic) bond motifs is 1. The second-order valence-electron chi connectivity index (χ2n) is 7.23. The van der Waals surface area contributed by atoms with Crippen molar-refractivity contribution in [2.45, 2.75) is 26.5 Å². The van der Waals surface area contributed by atoms with E-state index in [4.69, 9.17) is 25.8 Å². The van der Waals surface area contributed by atoms with E-state index < -0.39 is 5.97 Å². The lowest BCUT2D eigenvalue weighted by molar-refractivity contribution is 0.0474. The molecule has 1 atom stereocenters. The van der Waals surface area contributed by atoms with Crippen molar-refractivity contribution >= 4 is 23.4 Å². The van der Waals surface area contributed by atoms with Gasteiger partial charge in [0.05, 0.1) is 12.1 Å². The molecule has 2 aromatic heterocycles. The van der Waals surface area contributed by atoms with Crippen LogP contribution in [-0.2, 0) is 11.3 Å². The zero-order valence-corrected chi connectivity index (χ0v) is 17.9. The van der Waals surface area contributed by atoms with E-state index in [1.165, 1.54) is 12.3 Å². The van der Waals surface area contributed by atoms with Crippen molar-refractivity contribution in [3.05, 3.63) is 76.3 Å². The van der Waals surface area contributed by atoms with E-state index in [0.29, 0.717) is 24.5 Å². The number of ether oxygens (including phenoxy) is 3. The Hall–Kier alpha value is -3.32. The average Bonchev–Trinajstić information content (AvgIpc) is 3.06. The highest BCUT2D eigenvalue weighted by atomic mass is 35.5. The number of rotatable bonds is 6. The Kier molecular flexibility index (Phi) is 5.95. The van der Waals surface area contributed by atoms with Crippen molar-refractivity contribution in [3.8, 4) is 11.5 Å². The maximum Gasteiger partial charge on any atom is 0.341 e. The molecule has 7 nitrogen and oxygen atoms in total. The molecule has 0 fully saturated rings. The fourth-order valence-electron chi connectivity index (χ4n) is 3.55. The second kappa shape index (κ2) is 8.81.